The largest absolute Gasteiger partial charge is 0.419 e. The molecular weight excluding hydrogens is 453 g/mol. The lowest BCUT2D eigenvalue weighted by atomic mass is 9.75. The van der Waals surface area contributed by atoms with Crippen LogP contribution < -0.4 is 11.1 Å². The van der Waals surface area contributed by atoms with E-state index in [2.05, 4.69) is 16.5 Å². The van der Waals surface area contributed by atoms with Crippen molar-refractivity contribution in [2.45, 2.75) is 75.2 Å². The Balaban J connectivity index is 1.48. The first-order valence-corrected chi connectivity index (χ1v) is 11.6. The third-order valence-corrected chi connectivity index (χ3v) is 7.32. The van der Waals surface area contributed by atoms with Crippen LogP contribution in [-0.4, -0.2) is 64.0 Å². The average molecular weight is 483 g/mol. The number of alkyl halides is 3. The van der Waals surface area contributed by atoms with Crippen molar-refractivity contribution in [2.24, 2.45) is 11.7 Å². The second-order valence-corrected chi connectivity index (χ2v) is 9.58. The van der Waals surface area contributed by atoms with Crippen molar-refractivity contribution in [1.29, 1.82) is 5.26 Å². The smallest absolute Gasteiger partial charge is 0.365 e. The third kappa shape index (κ3) is 4.38. The highest BCUT2D eigenvalue weighted by molar-refractivity contribution is 6.02. The van der Waals surface area contributed by atoms with Gasteiger partial charge in [-0.3, -0.25) is 19.2 Å². The number of amides is 2. The Kier molecular flexibility index (Phi) is 6.37. The lowest BCUT2D eigenvalue weighted by Crippen LogP contribution is -2.72. The summed E-state index contributed by atoms with van der Waals surface area (Å²) in [5.41, 5.74) is 2.72. The molecule has 2 heterocycles. The molecule has 0 aromatic carbocycles. The van der Waals surface area contributed by atoms with E-state index in [0.29, 0.717) is 25.7 Å². The molecule has 0 atom stereocenters. The van der Waals surface area contributed by atoms with Gasteiger partial charge in [0.15, 0.2) is 11.4 Å². The Morgan fingerprint density at radius 2 is 1.94 bits per heavy atom. The summed E-state index contributed by atoms with van der Waals surface area (Å²) in [7, 11) is 0. The second kappa shape index (κ2) is 8.85. The zero-order chi connectivity index (χ0) is 24.7. The summed E-state index contributed by atoms with van der Waals surface area (Å²) >= 11 is 0. The predicted octanol–water partition coefficient (Wildman–Crippen LogP) is 2.54. The molecule has 186 valence electrons. The number of ether oxygens (including phenoxy) is 1. The number of carbonyl (C=O) groups is 2. The van der Waals surface area contributed by atoms with Crippen LogP contribution in [0.4, 0.5) is 19.0 Å². The SMILES string of the molecule is CCOC1(C(F)(F)F)CN([C@H]2CC[C@@](CC#N)(n3cc(C(N)=O)c(NC(=O)C4CC4)n3)CC2)C1. The molecule has 1 aliphatic heterocycles. The number of hydrogen-bond donors (Lipinski definition) is 2. The van der Waals surface area contributed by atoms with Crippen molar-refractivity contribution in [3.8, 4) is 6.07 Å². The monoisotopic (exact) mass is 482 g/mol. The van der Waals surface area contributed by atoms with Gasteiger partial charge in [-0.1, -0.05) is 0 Å². The van der Waals surface area contributed by atoms with Crippen molar-refractivity contribution in [1.82, 2.24) is 14.7 Å². The number of nitrogens with one attached hydrogen (secondary N) is 1. The molecule has 1 aromatic rings. The minimum absolute atomic E-state index is 0.00951. The first kappa shape index (κ1) is 24.5. The van der Waals surface area contributed by atoms with Gasteiger partial charge in [0.05, 0.1) is 18.0 Å². The van der Waals surface area contributed by atoms with Gasteiger partial charge >= 0.3 is 6.18 Å². The molecule has 3 fully saturated rings. The summed E-state index contributed by atoms with van der Waals surface area (Å²) in [5, 5.41) is 16.6. The van der Waals surface area contributed by atoms with E-state index < -0.39 is 23.2 Å². The molecule has 1 aromatic heterocycles. The van der Waals surface area contributed by atoms with Crippen LogP contribution in [0.1, 0.15) is 62.2 Å². The number of carbonyl (C=O) groups excluding carboxylic acids is 2. The van der Waals surface area contributed by atoms with E-state index in [0.717, 1.165) is 12.8 Å². The van der Waals surface area contributed by atoms with Crippen LogP contribution in [-0.2, 0) is 15.1 Å². The molecule has 4 rings (SSSR count). The summed E-state index contributed by atoms with van der Waals surface area (Å²) in [6, 6.07) is 2.11. The maximum Gasteiger partial charge on any atom is 0.419 e. The number of likely N-dealkylation sites (tertiary alicyclic amines) is 1. The highest BCUT2D eigenvalue weighted by Crippen LogP contribution is 2.46. The molecule has 3 N–H and O–H groups in total. The summed E-state index contributed by atoms with van der Waals surface area (Å²) in [6.45, 7) is 1.14. The summed E-state index contributed by atoms with van der Waals surface area (Å²) in [4.78, 5) is 26.0. The normalized spacial score (nSPS) is 27.0. The Morgan fingerprint density at radius 3 is 2.44 bits per heavy atom. The molecule has 0 unspecified atom stereocenters. The lowest BCUT2D eigenvalue weighted by molar-refractivity contribution is -0.322. The number of aromatic nitrogens is 2. The molecule has 0 radical (unpaired) electrons. The molecule has 2 saturated carbocycles. The standard InChI is InChI=1S/C22H29F3N6O3/c1-2-34-21(22(23,24)25)12-30(13-21)15-5-7-20(8-6-15,9-10-26)31-11-16(17(27)32)18(29-31)28-19(33)14-3-4-14/h11,14-15H,2-9,12-13H2,1H3,(H2,27,32)(H,28,29,33)/t15-,20+. The van der Waals surface area contributed by atoms with E-state index >= 15 is 0 Å². The van der Waals surface area contributed by atoms with Crippen LogP contribution in [0, 0.1) is 17.2 Å². The fourth-order valence-electron chi connectivity index (χ4n) is 5.09. The Hall–Kier alpha value is -2.65. The van der Waals surface area contributed by atoms with E-state index in [1.54, 1.807) is 16.5 Å². The van der Waals surface area contributed by atoms with E-state index in [-0.39, 0.29) is 55.4 Å². The Bertz CT molecular complexity index is 983. The Morgan fingerprint density at radius 1 is 1.29 bits per heavy atom. The first-order valence-electron chi connectivity index (χ1n) is 11.6. The van der Waals surface area contributed by atoms with Crippen LogP contribution in [0.25, 0.3) is 0 Å². The van der Waals surface area contributed by atoms with Crippen LogP contribution in [0.2, 0.25) is 0 Å². The van der Waals surface area contributed by atoms with Crippen molar-refractivity contribution in [3.05, 3.63) is 11.8 Å². The molecule has 1 saturated heterocycles. The van der Waals surface area contributed by atoms with Crippen LogP contribution in [0.3, 0.4) is 0 Å². The van der Waals surface area contributed by atoms with Crippen molar-refractivity contribution >= 4 is 17.6 Å². The Labute approximate surface area is 195 Å². The van der Waals surface area contributed by atoms with Gasteiger partial charge in [-0.25, -0.2) is 0 Å². The maximum atomic E-state index is 13.5. The fourth-order valence-corrected chi connectivity index (χ4v) is 5.09. The third-order valence-electron chi connectivity index (χ3n) is 7.32. The van der Waals surface area contributed by atoms with Crippen molar-refractivity contribution < 1.29 is 27.5 Å². The van der Waals surface area contributed by atoms with Crippen LogP contribution in [0.5, 0.6) is 0 Å². The van der Waals surface area contributed by atoms with E-state index in [4.69, 9.17) is 10.5 Å². The fraction of sp³-hybridized carbons (Fsp3) is 0.727. The molecule has 0 bridgehead atoms. The van der Waals surface area contributed by atoms with Gasteiger partial charge in [-0.2, -0.15) is 23.5 Å². The molecule has 3 aliphatic rings. The molecule has 2 aliphatic carbocycles. The number of anilines is 1. The van der Waals surface area contributed by atoms with Gasteiger partial charge in [0.1, 0.15) is 5.56 Å². The summed E-state index contributed by atoms with van der Waals surface area (Å²) < 4.78 is 47.2. The second-order valence-electron chi connectivity index (χ2n) is 9.58. The van der Waals surface area contributed by atoms with Crippen molar-refractivity contribution in [2.75, 3.05) is 25.0 Å². The number of primary amides is 1. The predicted molar refractivity (Wildman–Crippen MR) is 115 cm³/mol. The quantitative estimate of drug-likeness (QED) is 0.586. The number of nitriles is 1. The summed E-state index contributed by atoms with van der Waals surface area (Å²) in [5.74, 6) is -0.964. The number of nitrogens with zero attached hydrogens (tertiary/aromatic N) is 4. The zero-order valence-electron chi connectivity index (χ0n) is 19.0. The van der Waals surface area contributed by atoms with Gasteiger partial charge in [-0.05, 0) is 45.4 Å². The first-order chi connectivity index (χ1) is 16.0. The number of halogens is 3. The molecule has 0 spiro atoms. The van der Waals surface area contributed by atoms with Crippen LogP contribution >= 0.6 is 0 Å². The van der Waals surface area contributed by atoms with E-state index in [1.165, 1.54) is 6.20 Å². The summed E-state index contributed by atoms with van der Waals surface area (Å²) in [6.07, 6.45) is 0.837. The van der Waals surface area contributed by atoms with E-state index in [9.17, 15) is 28.0 Å². The van der Waals surface area contributed by atoms with Gasteiger partial charge in [0, 0.05) is 37.9 Å². The maximum absolute atomic E-state index is 13.5. The molecule has 9 nitrogen and oxygen atoms in total. The highest BCUT2D eigenvalue weighted by Gasteiger charge is 2.64. The molecule has 12 heteroatoms. The zero-order valence-corrected chi connectivity index (χ0v) is 19.0. The van der Waals surface area contributed by atoms with Gasteiger partial charge in [0.25, 0.3) is 5.91 Å². The number of hydrogen-bond acceptors (Lipinski definition) is 6. The highest BCUT2D eigenvalue weighted by atomic mass is 19.4. The van der Waals surface area contributed by atoms with Gasteiger partial charge in [-0.15, -0.1) is 0 Å². The molecule has 34 heavy (non-hydrogen) atoms. The van der Waals surface area contributed by atoms with Crippen LogP contribution in [0.15, 0.2) is 6.20 Å². The minimum atomic E-state index is -4.43. The van der Waals surface area contributed by atoms with Gasteiger partial charge in [0.2, 0.25) is 5.91 Å². The molecule has 2 amide bonds. The van der Waals surface area contributed by atoms with Crippen molar-refractivity contribution in [3.63, 3.8) is 0 Å². The number of rotatable bonds is 8. The minimum Gasteiger partial charge on any atom is -0.365 e. The molecular formula is C22H29F3N6O3. The average Bonchev–Trinajstić information content (AvgIpc) is 3.50. The van der Waals surface area contributed by atoms with Gasteiger partial charge < -0.3 is 15.8 Å². The number of nitrogens with two attached hydrogens (primary N) is 1. The van der Waals surface area contributed by atoms with E-state index in [1.807, 2.05) is 0 Å². The lowest BCUT2D eigenvalue weighted by Gasteiger charge is -2.54. The topological polar surface area (TPSA) is 126 Å².